The molecule has 62 heavy (non-hydrogen) atoms. The van der Waals surface area contributed by atoms with Gasteiger partial charge < -0.3 is 8.98 Å². The van der Waals surface area contributed by atoms with Gasteiger partial charge in [-0.3, -0.25) is 0 Å². The summed E-state index contributed by atoms with van der Waals surface area (Å²) in [7, 11) is 0. The van der Waals surface area contributed by atoms with Crippen molar-refractivity contribution in [1.29, 1.82) is 0 Å². The highest BCUT2D eigenvalue weighted by molar-refractivity contribution is 6.27. The average molecular weight is 795 g/mol. The minimum atomic E-state index is 0.538. The minimum absolute atomic E-state index is 0.538. The molecule has 0 bridgehead atoms. The van der Waals surface area contributed by atoms with Crippen LogP contribution in [0.2, 0.25) is 0 Å². The summed E-state index contributed by atoms with van der Waals surface area (Å²) in [5.41, 5.74) is 11.8. The highest BCUT2D eigenvalue weighted by atomic mass is 16.3. The zero-order valence-corrected chi connectivity index (χ0v) is 33.2. The normalized spacial score (nSPS) is 11.5. The number of aromatic nitrogens is 6. The molecule has 0 amide bonds. The smallest absolute Gasteiger partial charge is 0.166 e. The maximum Gasteiger partial charge on any atom is 0.166 e. The lowest BCUT2D eigenvalue weighted by atomic mass is 10.0. The lowest BCUT2D eigenvalue weighted by Crippen LogP contribution is -2.04. The third-order valence-corrected chi connectivity index (χ3v) is 11.5. The molecule has 0 fully saturated rings. The highest BCUT2D eigenvalue weighted by Gasteiger charge is 2.23. The van der Waals surface area contributed by atoms with Crippen LogP contribution >= 0.6 is 0 Å². The van der Waals surface area contributed by atoms with Crippen LogP contribution in [0.4, 0.5) is 0 Å². The minimum Gasteiger partial charge on any atom is -0.456 e. The van der Waals surface area contributed by atoms with E-state index < -0.39 is 0 Å². The molecule has 290 valence electrons. The Morgan fingerprint density at radius 3 is 1.48 bits per heavy atom. The van der Waals surface area contributed by atoms with Crippen molar-refractivity contribution in [2.24, 2.45) is 0 Å². The van der Waals surface area contributed by atoms with Gasteiger partial charge in [-0.15, -0.1) is 0 Å². The van der Waals surface area contributed by atoms with Crippen molar-refractivity contribution >= 4 is 43.7 Å². The van der Waals surface area contributed by atoms with Crippen LogP contribution in [0.15, 0.2) is 211 Å². The van der Waals surface area contributed by atoms with Crippen LogP contribution in [-0.2, 0) is 0 Å². The summed E-state index contributed by atoms with van der Waals surface area (Å²) in [5, 5.41) is 4.42. The highest BCUT2D eigenvalue weighted by Crippen LogP contribution is 2.43. The molecule has 4 heterocycles. The SMILES string of the molecule is c1ccc(-c2cc(-c3ccc(-n4c5ccccc5c5c6c(ccc54)oc4ccccc46)c(-c4nc(-c5ccccc5)nc(-c5ccccc5)n4)c3)nc(-c3ccccc3)n2)cc1. The number of benzene rings is 8. The predicted octanol–water partition coefficient (Wildman–Crippen LogP) is 13.7. The number of rotatable bonds is 7. The topological polar surface area (TPSA) is 82.5 Å². The van der Waals surface area contributed by atoms with Gasteiger partial charge in [-0.1, -0.05) is 164 Å². The summed E-state index contributed by atoms with van der Waals surface area (Å²) in [6.45, 7) is 0. The van der Waals surface area contributed by atoms with E-state index in [1.165, 1.54) is 0 Å². The summed E-state index contributed by atoms with van der Waals surface area (Å²) >= 11 is 0. The quantitative estimate of drug-likeness (QED) is 0.160. The van der Waals surface area contributed by atoms with E-state index in [9.17, 15) is 0 Å². The Morgan fingerprint density at radius 1 is 0.323 bits per heavy atom. The molecule has 12 rings (SSSR count). The van der Waals surface area contributed by atoms with E-state index in [1.54, 1.807) is 0 Å². The largest absolute Gasteiger partial charge is 0.456 e. The molecule has 0 saturated heterocycles. The fourth-order valence-corrected chi connectivity index (χ4v) is 8.60. The summed E-state index contributed by atoms with van der Waals surface area (Å²) in [6.07, 6.45) is 0. The van der Waals surface area contributed by atoms with Crippen LogP contribution in [0.3, 0.4) is 0 Å². The fraction of sp³-hybridized carbons (Fsp3) is 0. The van der Waals surface area contributed by atoms with Crippen molar-refractivity contribution in [3.05, 3.63) is 206 Å². The van der Waals surface area contributed by atoms with Gasteiger partial charge >= 0.3 is 0 Å². The molecule has 8 aromatic carbocycles. The van der Waals surface area contributed by atoms with E-state index in [0.717, 1.165) is 94.2 Å². The fourth-order valence-electron chi connectivity index (χ4n) is 8.60. The molecule has 0 spiro atoms. The molecule has 0 atom stereocenters. The van der Waals surface area contributed by atoms with Crippen LogP contribution in [0, 0.1) is 0 Å². The second-order valence-electron chi connectivity index (χ2n) is 15.2. The van der Waals surface area contributed by atoms with Crippen molar-refractivity contribution in [1.82, 2.24) is 29.5 Å². The first kappa shape index (κ1) is 35.4. The van der Waals surface area contributed by atoms with Crippen molar-refractivity contribution < 1.29 is 4.42 Å². The van der Waals surface area contributed by atoms with Gasteiger partial charge in [0.25, 0.3) is 0 Å². The van der Waals surface area contributed by atoms with Gasteiger partial charge in [0.05, 0.1) is 28.1 Å². The molecule has 0 radical (unpaired) electrons. The van der Waals surface area contributed by atoms with Gasteiger partial charge in [0, 0.05) is 54.9 Å². The van der Waals surface area contributed by atoms with Crippen LogP contribution in [-0.4, -0.2) is 29.5 Å². The van der Waals surface area contributed by atoms with E-state index in [4.69, 9.17) is 29.3 Å². The summed E-state index contributed by atoms with van der Waals surface area (Å²) in [4.78, 5) is 26.0. The molecular formula is C55H34N6O. The second-order valence-corrected chi connectivity index (χ2v) is 15.2. The Balaban J connectivity index is 1.17. The molecular weight excluding hydrogens is 761 g/mol. The number of furan rings is 1. The first-order chi connectivity index (χ1) is 30.7. The third-order valence-electron chi connectivity index (χ3n) is 11.5. The van der Waals surface area contributed by atoms with Gasteiger partial charge in [-0.05, 0) is 42.5 Å². The number of para-hydroxylation sites is 2. The number of hydrogen-bond donors (Lipinski definition) is 0. The molecule has 4 aromatic heterocycles. The van der Waals surface area contributed by atoms with Crippen LogP contribution in [0.25, 0.3) is 117 Å². The lowest BCUT2D eigenvalue weighted by molar-refractivity contribution is 0.669. The molecule has 12 aromatic rings. The van der Waals surface area contributed by atoms with Gasteiger partial charge in [-0.25, -0.2) is 24.9 Å². The predicted molar refractivity (Wildman–Crippen MR) is 250 cm³/mol. The van der Waals surface area contributed by atoms with Crippen LogP contribution < -0.4 is 0 Å². The maximum absolute atomic E-state index is 6.43. The van der Waals surface area contributed by atoms with E-state index in [0.29, 0.717) is 23.3 Å². The summed E-state index contributed by atoms with van der Waals surface area (Å²) in [5.74, 6) is 2.35. The molecule has 0 aliphatic rings. The standard InChI is InChI=1S/C55H34N6O/c1-5-17-35(18-6-1)43-34-44(57-52(56-43)36-19-7-2-8-20-36)39-29-30-46(42(33-39)55-59-53(37-21-9-3-10-22-37)58-54(60-55)38-23-11-4-12-24-38)61-45-27-15-13-25-40(45)50-47(61)31-32-49-51(50)41-26-14-16-28-48(41)62-49/h1-34H. The second kappa shape index (κ2) is 14.6. The molecule has 0 N–H and O–H groups in total. The number of hydrogen-bond acceptors (Lipinski definition) is 6. The lowest BCUT2D eigenvalue weighted by Gasteiger charge is -2.16. The summed E-state index contributed by atoms with van der Waals surface area (Å²) < 4.78 is 8.76. The molecule has 0 unspecified atom stereocenters. The van der Waals surface area contributed by atoms with Gasteiger partial charge in [0.15, 0.2) is 23.3 Å². The number of fused-ring (bicyclic) bond motifs is 7. The first-order valence-electron chi connectivity index (χ1n) is 20.6. The third kappa shape index (κ3) is 6.02. The monoisotopic (exact) mass is 794 g/mol. The van der Waals surface area contributed by atoms with Crippen molar-refractivity contribution in [2.45, 2.75) is 0 Å². The van der Waals surface area contributed by atoms with Crippen molar-refractivity contribution in [2.75, 3.05) is 0 Å². The van der Waals surface area contributed by atoms with E-state index in [-0.39, 0.29) is 0 Å². The molecule has 7 heteroatoms. The Kier molecular flexibility index (Phi) is 8.35. The van der Waals surface area contributed by atoms with Crippen LogP contribution in [0.1, 0.15) is 0 Å². The first-order valence-corrected chi connectivity index (χ1v) is 20.6. The van der Waals surface area contributed by atoms with Crippen molar-refractivity contribution in [3.8, 4) is 73.8 Å². The van der Waals surface area contributed by atoms with E-state index in [1.807, 2.05) is 121 Å². The van der Waals surface area contributed by atoms with Gasteiger partial charge in [0.2, 0.25) is 0 Å². The van der Waals surface area contributed by atoms with E-state index in [2.05, 4.69) is 89.5 Å². The zero-order chi connectivity index (χ0) is 41.0. The Labute approximate surface area is 356 Å². The van der Waals surface area contributed by atoms with Gasteiger partial charge in [-0.2, -0.15) is 0 Å². The molecule has 0 aliphatic carbocycles. The van der Waals surface area contributed by atoms with E-state index >= 15 is 0 Å². The molecule has 7 nitrogen and oxygen atoms in total. The summed E-state index contributed by atoms with van der Waals surface area (Å²) in [6, 6.07) is 70.2. The van der Waals surface area contributed by atoms with Crippen LogP contribution in [0.5, 0.6) is 0 Å². The van der Waals surface area contributed by atoms with Crippen molar-refractivity contribution in [3.63, 3.8) is 0 Å². The maximum atomic E-state index is 6.43. The Bertz CT molecular complexity index is 3510. The van der Waals surface area contributed by atoms with Gasteiger partial charge in [0.1, 0.15) is 11.2 Å². The Morgan fingerprint density at radius 2 is 0.839 bits per heavy atom. The number of nitrogens with zero attached hydrogens (tertiary/aromatic N) is 6. The Hall–Kier alpha value is -8.55. The molecule has 0 aliphatic heterocycles. The average Bonchev–Trinajstić information content (AvgIpc) is 3.90. The zero-order valence-electron chi connectivity index (χ0n) is 33.2. The molecule has 0 saturated carbocycles.